The van der Waals surface area contributed by atoms with Crippen LogP contribution in [0.3, 0.4) is 0 Å². The van der Waals surface area contributed by atoms with Gasteiger partial charge < -0.3 is 5.32 Å². The molecule has 0 aromatic carbocycles. The van der Waals surface area contributed by atoms with Gasteiger partial charge in [-0.3, -0.25) is 4.21 Å². The molecule has 0 aromatic heterocycles. The van der Waals surface area contributed by atoms with E-state index in [-0.39, 0.29) is 0 Å². The van der Waals surface area contributed by atoms with E-state index in [1.54, 1.807) is 0 Å². The van der Waals surface area contributed by atoms with Gasteiger partial charge in [-0.1, -0.05) is 20.8 Å². The van der Waals surface area contributed by atoms with Crippen LogP contribution >= 0.6 is 0 Å². The van der Waals surface area contributed by atoms with E-state index in [0.717, 1.165) is 18.1 Å². The fourth-order valence-corrected chi connectivity index (χ4v) is 2.76. The fraction of sp³-hybridized carbons (Fsp3) is 1.00. The normalized spacial score (nSPS) is 23.9. The molecule has 0 aliphatic heterocycles. The molecule has 0 heterocycles. The third-order valence-electron chi connectivity index (χ3n) is 3.42. The van der Waals surface area contributed by atoms with Crippen LogP contribution in [0, 0.1) is 5.41 Å². The van der Waals surface area contributed by atoms with Crippen molar-refractivity contribution in [1.82, 2.24) is 5.32 Å². The predicted octanol–water partition coefficient (Wildman–Crippen LogP) is 2.31. The highest BCUT2D eigenvalue weighted by atomic mass is 32.2. The number of hydrogen-bond donors (Lipinski definition) is 1. The molecule has 15 heavy (non-hydrogen) atoms. The zero-order valence-electron chi connectivity index (χ0n) is 10.3. The van der Waals surface area contributed by atoms with Crippen molar-refractivity contribution in [1.29, 1.82) is 0 Å². The SMILES string of the molecule is CCS(=O)CCNC1CCC(C)(C)CC1. The second kappa shape index (κ2) is 6.00. The van der Waals surface area contributed by atoms with Crippen molar-refractivity contribution < 1.29 is 4.21 Å². The molecule has 90 valence electrons. The topological polar surface area (TPSA) is 29.1 Å². The van der Waals surface area contributed by atoms with Crippen molar-refractivity contribution in [2.45, 2.75) is 52.5 Å². The molecular formula is C12H25NOS. The number of hydrogen-bond acceptors (Lipinski definition) is 2. The Balaban J connectivity index is 2.11. The van der Waals surface area contributed by atoms with Crippen LogP contribution in [0.1, 0.15) is 46.5 Å². The van der Waals surface area contributed by atoms with Crippen molar-refractivity contribution >= 4 is 10.8 Å². The molecule has 3 heteroatoms. The first kappa shape index (κ1) is 13.2. The molecule has 1 unspecified atom stereocenters. The molecule has 1 N–H and O–H groups in total. The average Bonchev–Trinajstić information content (AvgIpc) is 2.20. The molecule has 1 rings (SSSR count). The number of rotatable bonds is 5. The van der Waals surface area contributed by atoms with Crippen molar-refractivity contribution in [3.8, 4) is 0 Å². The van der Waals surface area contributed by atoms with Gasteiger partial charge in [0.1, 0.15) is 0 Å². The van der Waals surface area contributed by atoms with Gasteiger partial charge in [-0.2, -0.15) is 0 Å². The van der Waals surface area contributed by atoms with E-state index >= 15 is 0 Å². The van der Waals surface area contributed by atoms with Crippen LogP contribution in [-0.2, 0) is 10.8 Å². The second-order valence-corrected chi connectivity index (χ2v) is 7.19. The maximum absolute atomic E-state index is 11.2. The van der Waals surface area contributed by atoms with E-state index in [1.807, 2.05) is 6.92 Å². The molecule has 0 spiro atoms. The van der Waals surface area contributed by atoms with Gasteiger partial charge in [-0.05, 0) is 31.1 Å². The molecule has 0 radical (unpaired) electrons. The molecule has 0 saturated heterocycles. The lowest BCUT2D eigenvalue weighted by Crippen LogP contribution is -2.37. The van der Waals surface area contributed by atoms with Gasteiger partial charge in [0.15, 0.2) is 0 Å². The molecule has 0 bridgehead atoms. The molecule has 1 atom stereocenters. The quantitative estimate of drug-likeness (QED) is 0.787. The third-order valence-corrected chi connectivity index (χ3v) is 4.73. The lowest BCUT2D eigenvalue weighted by atomic mass is 9.75. The molecule has 1 aliphatic carbocycles. The van der Waals surface area contributed by atoms with Crippen LogP contribution in [0.25, 0.3) is 0 Å². The lowest BCUT2D eigenvalue weighted by molar-refractivity contribution is 0.208. The minimum absolute atomic E-state index is 0.546. The minimum Gasteiger partial charge on any atom is -0.313 e. The Morgan fingerprint density at radius 3 is 2.47 bits per heavy atom. The van der Waals surface area contributed by atoms with Crippen LogP contribution in [0.15, 0.2) is 0 Å². The molecule has 1 saturated carbocycles. The zero-order chi connectivity index (χ0) is 11.3. The standard InChI is InChI=1S/C12H25NOS/c1-4-15(14)10-9-13-11-5-7-12(2,3)8-6-11/h11,13H,4-10H2,1-3H3. The predicted molar refractivity (Wildman–Crippen MR) is 67.6 cm³/mol. The van der Waals surface area contributed by atoms with E-state index in [4.69, 9.17) is 0 Å². The van der Waals surface area contributed by atoms with Crippen molar-refractivity contribution in [3.63, 3.8) is 0 Å². The summed E-state index contributed by atoms with van der Waals surface area (Å²) in [5.41, 5.74) is 0.546. The highest BCUT2D eigenvalue weighted by molar-refractivity contribution is 7.84. The van der Waals surface area contributed by atoms with Crippen LogP contribution in [0.2, 0.25) is 0 Å². The zero-order valence-corrected chi connectivity index (χ0v) is 11.2. The average molecular weight is 231 g/mol. The Morgan fingerprint density at radius 2 is 1.93 bits per heavy atom. The van der Waals surface area contributed by atoms with Crippen LogP contribution in [0.5, 0.6) is 0 Å². The molecular weight excluding hydrogens is 206 g/mol. The van der Waals surface area contributed by atoms with E-state index in [9.17, 15) is 4.21 Å². The van der Waals surface area contributed by atoms with Gasteiger partial charge in [-0.25, -0.2) is 0 Å². The lowest BCUT2D eigenvalue weighted by Gasteiger charge is -2.34. The summed E-state index contributed by atoms with van der Waals surface area (Å²) in [6.07, 6.45) is 5.21. The number of nitrogens with one attached hydrogen (secondary N) is 1. The fourth-order valence-electron chi connectivity index (χ4n) is 2.12. The minimum atomic E-state index is -0.609. The molecule has 2 nitrogen and oxygen atoms in total. The highest BCUT2D eigenvalue weighted by Crippen LogP contribution is 2.34. The summed E-state index contributed by atoms with van der Waals surface area (Å²) in [7, 11) is -0.609. The Hall–Kier alpha value is 0.110. The van der Waals surface area contributed by atoms with E-state index in [2.05, 4.69) is 19.2 Å². The van der Waals surface area contributed by atoms with Crippen LogP contribution < -0.4 is 5.32 Å². The van der Waals surface area contributed by atoms with Gasteiger partial charge in [0.2, 0.25) is 0 Å². The van der Waals surface area contributed by atoms with Gasteiger partial charge >= 0.3 is 0 Å². The van der Waals surface area contributed by atoms with E-state index < -0.39 is 10.8 Å². The van der Waals surface area contributed by atoms with Crippen molar-refractivity contribution in [2.75, 3.05) is 18.1 Å². The summed E-state index contributed by atoms with van der Waals surface area (Å²) in [6.45, 7) is 7.62. The third kappa shape index (κ3) is 5.12. The Labute approximate surface area is 96.7 Å². The Bertz CT molecular complexity index is 206. The maximum atomic E-state index is 11.2. The Kier molecular flexibility index (Phi) is 5.27. The van der Waals surface area contributed by atoms with Gasteiger partial charge in [0.05, 0.1) is 0 Å². The van der Waals surface area contributed by atoms with Gasteiger partial charge in [0, 0.05) is 34.9 Å². The molecule has 1 aliphatic rings. The molecule has 1 fully saturated rings. The van der Waals surface area contributed by atoms with Crippen molar-refractivity contribution in [3.05, 3.63) is 0 Å². The first-order valence-electron chi connectivity index (χ1n) is 6.12. The maximum Gasteiger partial charge on any atom is 0.0360 e. The summed E-state index contributed by atoms with van der Waals surface area (Å²) in [4.78, 5) is 0. The van der Waals surface area contributed by atoms with Gasteiger partial charge in [0.25, 0.3) is 0 Å². The van der Waals surface area contributed by atoms with Crippen LogP contribution in [0.4, 0.5) is 0 Å². The van der Waals surface area contributed by atoms with Gasteiger partial charge in [-0.15, -0.1) is 0 Å². The first-order chi connectivity index (χ1) is 7.03. The molecule has 0 amide bonds. The Morgan fingerprint density at radius 1 is 1.33 bits per heavy atom. The summed E-state index contributed by atoms with van der Waals surface area (Å²) < 4.78 is 11.2. The van der Waals surface area contributed by atoms with E-state index in [1.165, 1.54) is 25.7 Å². The smallest absolute Gasteiger partial charge is 0.0360 e. The molecule has 0 aromatic rings. The van der Waals surface area contributed by atoms with E-state index in [0.29, 0.717) is 11.5 Å². The monoisotopic (exact) mass is 231 g/mol. The first-order valence-corrected chi connectivity index (χ1v) is 7.60. The summed E-state index contributed by atoms with van der Waals surface area (Å²) in [6, 6.07) is 0.673. The summed E-state index contributed by atoms with van der Waals surface area (Å²) in [5.74, 6) is 1.61. The summed E-state index contributed by atoms with van der Waals surface area (Å²) in [5, 5.41) is 3.53. The van der Waals surface area contributed by atoms with Crippen molar-refractivity contribution in [2.24, 2.45) is 5.41 Å². The largest absolute Gasteiger partial charge is 0.313 e. The summed E-state index contributed by atoms with van der Waals surface area (Å²) >= 11 is 0. The van der Waals surface area contributed by atoms with Crippen LogP contribution in [-0.4, -0.2) is 28.3 Å². The second-order valence-electron chi connectivity index (χ2n) is 5.33. The highest BCUT2D eigenvalue weighted by Gasteiger charge is 2.26.